The van der Waals surface area contributed by atoms with Gasteiger partial charge in [-0.1, -0.05) is 31.9 Å². The van der Waals surface area contributed by atoms with Gasteiger partial charge in [0.1, 0.15) is 5.75 Å². The fourth-order valence-corrected chi connectivity index (χ4v) is 2.21. The minimum absolute atomic E-state index is 0.0997. The van der Waals surface area contributed by atoms with Crippen LogP contribution in [-0.2, 0) is 0 Å². The van der Waals surface area contributed by atoms with Crippen LogP contribution in [0.3, 0.4) is 0 Å². The van der Waals surface area contributed by atoms with E-state index in [2.05, 4.69) is 22.5 Å². The third kappa shape index (κ3) is 4.98. The maximum Gasteiger partial charge on any atom is 0.252 e. The molecule has 1 heterocycles. The van der Waals surface area contributed by atoms with E-state index >= 15 is 0 Å². The monoisotopic (exact) mass is 313 g/mol. The third-order valence-corrected chi connectivity index (χ3v) is 3.45. The normalized spacial score (nSPS) is 10.2. The average molecular weight is 313 g/mol. The maximum absolute atomic E-state index is 12.1. The van der Waals surface area contributed by atoms with Crippen LogP contribution in [0.2, 0.25) is 0 Å². The van der Waals surface area contributed by atoms with E-state index in [0.29, 0.717) is 12.1 Å². The number of hydrogen-bond acceptors (Lipinski definition) is 4. The lowest BCUT2D eigenvalue weighted by molar-refractivity contribution is 0.0952. The molecule has 1 aromatic carbocycles. The molecule has 0 aliphatic carbocycles. The molecule has 0 atom stereocenters. The van der Waals surface area contributed by atoms with E-state index < -0.39 is 0 Å². The fourth-order valence-electron chi connectivity index (χ4n) is 2.21. The predicted molar refractivity (Wildman–Crippen MR) is 92.4 cm³/mol. The molecule has 0 saturated carbocycles. The van der Waals surface area contributed by atoms with E-state index in [0.717, 1.165) is 36.4 Å². The van der Waals surface area contributed by atoms with Crippen LogP contribution < -0.4 is 15.4 Å². The van der Waals surface area contributed by atoms with Crippen molar-refractivity contribution in [3.8, 4) is 5.75 Å². The quantitative estimate of drug-likeness (QED) is 0.729. The number of carbonyl (C=O) groups excluding carboxylic acids is 1. The summed E-state index contributed by atoms with van der Waals surface area (Å²) in [5.74, 6) is 0.638. The maximum atomic E-state index is 12.1. The minimum Gasteiger partial charge on any atom is -0.495 e. The second-order valence-corrected chi connectivity index (χ2v) is 5.25. The first-order valence-corrected chi connectivity index (χ1v) is 7.88. The molecule has 0 unspecified atom stereocenters. The van der Waals surface area contributed by atoms with Crippen LogP contribution in [0.5, 0.6) is 5.75 Å². The number of methoxy groups -OCH3 is 1. The van der Waals surface area contributed by atoms with Crippen LogP contribution in [0.15, 0.2) is 42.7 Å². The molecular formula is C18H23N3O2. The van der Waals surface area contributed by atoms with Gasteiger partial charge in [-0.15, -0.1) is 0 Å². The molecule has 0 bridgehead atoms. The molecule has 2 rings (SSSR count). The number of nitrogens with zero attached hydrogens (tertiary/aromatic N) is 1. The van der Waals surface area contributed by atoms with Gasteiger partial charge in [-0.2, -0.15) is 0 Å². The Kier molecular flexibility index (Phi) is 6.41. The lowest BCUT2D eigenvalue weighted by Crippen LogP contribution is -2.24. The summed E-state index contributed by atoms with van der Waals surface area (Å²) in [6.45, 7) is 2.83. The number of unbranched alkanes of at least 4 members (excludes halogenated alkanes) is 2. The van der Waals surface area contributed by atoms with Gasteiger partial charge < -0.3 is 15.4 Å². The number of pyridine rings is 1. The van der Waals surface area contributed by atoms with Gasteiger partial charge in [-0.25, -0.2) is 0 Å². The van der Waals surface area contributed by atoms with Crippen molar-refractivity contribution in [3.63, 3.8) is 0 Å². The van der Waals surface area contributed by atoms with Crippen molar-refractivity contribution in [1.29, 1.82) is 0 Å². The Labute approximate surface area is 137 Å². The van der Waals surface area contributed by atoms with Crippen LogP contribution in [0, 0.1) is 0 Å². The molecule has 122 valence electrons. The first kappa shape index (κ1) is 16.8. The lowest BCUT2D eigenvalue weighted by Gasteiger charge is -2.11. The van der Waals surface area contributed by atoms with Crippen molar-refractivity contribution < 1.29 is 9.53 Å². The van der Waals surface area contributed by atoms with Crippen molar-refractivity contribution >= 4 is 17.3 Å². The number of amides is 1. The molecule has 0 spiro atoms. The number of rotatable bonds is 8. The summed E-state index contributed by atoms with van der Waals surface area (Å²) in [5, 5.41) is 6.14. The number of ether oxygens (including phenoxy) is 1. The van der Waals surface area contributed by atoms with Crippen molar-refractivity contribution in [1.82, 2.24) is 10.3 Å². The predicted octanol–water partition coefficient (Wildman–Crippen LogP) is 3.75. The van der Waals surface area contributed by atoms with E-state index in [1.54, 1.807) is 25.6 Å². The van der Waals surface area contributed by atoms with Crippen LogP contribution in [0.1, 0.15) is 36.5 Å². The van der Waals surface area contributed by atoms with Gasteiger partial charge in [-0.05, 0) is 24.6 Å². The minimum atomic E-state index is -0.0997. The number of anilines is 2. The molecule has 1 aromatic heterocycles. The molecule has 1 amide bonds. The summed E-state index contributed by atoms with van der Waals surface area (Å²) in [5.41, 5.74) is 2.12. The first-order valence-electron chi connectivity index (χ1n) is 7.88. The van der Waals surface area contributed by atoms with Crippen molar-refractivity contribution in [3.05, 3.63) is 48.3 Å². The number of carbonyl (C=O) groups is 1. The highest BCUT2D eigenvalue weighted by Gasteiger charge is 2.08. The molecule has 0 saturated heterocycles. The van der Waals surface area contributed by atoms with Crippen LogP contribution in [-0.4, -0.2) is 24.5 Å². The second-order valence-electron chi connectivity index (χ2n) is 5.25. The highest BCUT2D eigenvalue weighted by molar-refractivity contribution is 5.94. The van der Waals surface area contributed by atoms with Gasteiger partial charge >= 0.3 is 0 Å². The summed E-state index contributed by atoms with van der Waals surface area (Å²) < 4.78 is 5.31. The molecule has 23 heavy (non-hydrogen) atoms. The molecule has 5 heteroatoms. The summed E-state index contributed by atoms with van der Waals surface area (Å²) >= 11 is 0. The van der Waals surface area contributed by atoms with E-state index in [4.69, 9.17) is 4.74 Å². The second kappa shape index (κ2) is 8.78. The molecule has 2 N–H and O–H groups in total. The van der Waals surface area contributed by atoms with E-state index in [9.17, 15) is 4.79 Å². The van der Waals surface area contributed by atoms with Crippen LogP contribution >= 0.6 is 0 Å². The van der Waals surface area contributed by atoms with Gasteiger partial charge in [0.05, 0.1) is 30.2 Å². The highest BCUT2D eigenvalue weighted by atomic mass is 16.5. The lowest BCUT2D eigenvalue weighted by atomic mass is 10.2. The smallest absolute Gasteiger partial charge is 0.252 e. The Morgan fingerprint density at radius 2 is 2.04 bits per heavy atom. The topological polar surface area (TPSA) is 63.2 Å². The Morgan fingerprint density at radius 3 is 2.83 bits per heavy atom. The molecule has 5 nitrogen and oxygen atoms in total. The molecule has 0 fully saturated rings. The van der Waals surface area contributed by atoms with Gasteiger partial charge in [0, 0.05) is 12.7 Å². The zero-order valence-corrected chi connectivity index (χ0v) is 13.6. The number of aromatic nitrogens is 1. The average Bonchev–Trinajstić information content (AvgIpc) is 2.59. The Bertz CT molecular complexity index is 644. The number of nitrogens with one attached hydrogen (secondary N) is 2. The first-order chi connectivity index (χ1) is 11.2. The molecular weight excluding hydrogens is 290 g/mol. The van der Waals surface area contributed by atoms with Crippen molar-refractivity contribution in [2.75, 3.05) is 19.0 Å². The Hall–Kier alpha value is -2.56. The largest absolute Gasteiger partial charge is 0.495 e. The van der Waals surface area contributed by atoms with Crippen LogP contribution in [0.25, 0.3) is 0 Å². The van der Waals surface area contributed by atoms with Crippen molar-refractivity contribution in [2.24, 2.45) is 0 Å². The fraction of sp³-hybridized carbons (Fsp3) is 0.333. The molecule has 0 aliphatic rings. The zero-order chi connectivity index (χ0) is 16.5. The summed E-state index contributed by atoms with van der Waals surface area (Å²) in [4.78, 5) is 16.3. The zero-order valence-electron chi connectivity index (χ0n) is 13.6. The van der Waals surface area contributed by atoms with E-state index in [1.165, 1.54) is 0 Å². The highest BCUT2D eigenvalue weighted by Crippen LogP contribution is 2.26. The van der Waals surface area contributed by atoms with Crippen LogP contribution in [0.4, 0.5) is 11.4 Å². The third-order valence-electron chi connectivity index (χ3n) is 3.45. The van der Waals surface area contributed by atoms with Gasteiger partial charge in [0.2, 0.25) is 0 Å². The molecule has 2 aromatic rings. The number of benzene rings is 1. The van der Waals surface area contributed by atoms with E-state index in [-0.39, 0.29) is 5.91 Å². The Morgan fingerprint density at radius 1 is 1.22 bits per heavy atom. The SMILES string of the molecule is CCCCCNC(=O)c1cncc(Nc2ccccc2OC)c1. The van der Waals surface area contributed by atoms with Gasteiger partial charge in [-0.3, -0.25) is 9.78 Å². The van der Waals surface area contributed by atoms with Crippen molar-refractivity contribution in [2.45, 2.75) is 26.2 Å². The standard InChI is InChI=1S/C18H23N3O2/c1-3-4-7-10-20-18(22)14-11-15(13-19-12-14)21-16-8-5-6-9-17(16)23-2/h5-6,8-9,11-13,21H,3-4,7,10H2,1-2H3,(H,20,22). The summed E-state index contributed by atoms with van der Waals surface area (Å²) in [6, 6.07) is 9.40. The Balaban J connectivity index is 2.03. The van der Waals surface area contributed by atoms with Gasteiger partial charge in [0.15, 0.2) is 0 Å². The number of hydrogen-bond donors (Lipinski definition) is 2. The number of para-hydroxylation sites is 2. The summed E-state index contributed by atoms with van der Waals surface area (Å²) in [7, 11) is 1.62. The summed E-state index contributed by atoms with van der Waals surface area (Å²) in [6.07, 6.45) is 6.50. The molecule has 0 radical (unpaired) electrons. The van der Waals surface area contributed by atoms with Gasteiger partial charge in [0.25, 0.3) is 5.91 Å². The van der Waals surface area contributed by atoms with E-state index in [1.807, 2.05) is 24.3 Å². The molecule has 0 aliphatic heterocycles.